The average molecular weight is 195 g/mol. The van der Waals surface area contributed by atoms with E-state index in [4.69, 9.17) is 5.73 Å². The Labute approximate surface area is 74.0 Å². The molecule has 0 saturated heterocycles. The third-order valence-electron chi connectivity index (χ3n) is 1.54. The molecule has 5 heteroatoms. The lowest BCUT2D eigenvalue weighted by atomic mass is 10.2. The van der Waals surface area contributed by atoms with E-state index in [2.05, 4.69) is 4.74 Å². The normalized spacial score (nSPS) is 14.6. The molecule has 0 bridgehead atoms. The van der Waals surface area contributed by atoms with Crippen LogP contribution in [-0.2, 0) is 14.6 Å². The largest absolute Gasteiger partial charge is 0.384 e. The molecule has 0 aliphatic heterocycles. The molecule has 0 aromatic rings. The Bertz CT molecular complexity index is 201. The fraction of sp³-hybridized carbons (Fsp3) is 1.00. The zero-order valence-electron chi connectivity index (χ0n) is 7.62. The van der Waals surface area contributed by atoms with Gasteiger partial charge >= 0.3 is 0 Å². The first-order valence-corrected chi connectivity index (χ1v) is 5.73. The van der Waals surface area contributed by atoms with Crippen LogP contribution in [0.3, 0.4) is 0 Å². The molecule has 12 heavy (non-hydrogen) atoms. The summed E-state index contributed by atoms with van der Waals surface area (Å²) in [7, 11) is -1.47. The van der Waals surface area contributed by atoms with Crippen LogP contribution >= 0.6 is 0 Å². The van der Waals surface area contributed by atoms with Crippen molar-refractivity contribution in [2.24, 2.45) is 11.7 Å². The van der Waals surface area contributed by atoms with E-state index in [9.17, 15) is 8.42 Å². The molecule has 0 spiro atoms. The van der Waals surface area contributed by atoms with Gasteiger partial charge in [-0.2, -0.15) is 0 Å². The van der Waals surface area contributed by atoms with Crippen molar-refractivity contribution in [3.63, 3.8) is 0 Å². The van der Waals surface area contributed by atoms with Gasteiger partial charge in [-0.25, -0.2) is 8.42 Å². The zero-order chi connectivity index (χ0) is 9.61. The van der Waals surface area contributed by atoms with E-state index < -0.39 is 9.84 Å². The number of methoxy groups -OCH3 is 1. The highest BCUT2D eigenvalue weighted by Gasteiger charge is 2.14. The topological polar surface area (TPSA) is 69.4 Å². The van der Waals surface area contributed by atoms with Gasteiger partial charge in [0.25, 0.3) is 0 Å². The molecule has 1 unspecified atom stereocenters. The van der Waals surface area contributed by atoms with Gasteiger partial charge in [-0.3, -0.25) is 0 Å². The maximum absolute atomic E-state index is 11.2. The predicted octanol–water partition coefficient (Wildman–Crippen LogP) is -0.358. The van der Waals surface area contributed by atoms with Crippen LogP contribution in [0.25, 0.3) is 0 Å². The highest BCUT2D eigenvalue weighted by Crippen LogP contribution is 1.99. The number of hydrogen-bond acceptors (Lipinski definition) is 4. The van der Waals surface area contributed by atoms with Crippen molar-refractivity contribution >= 4 is 9.84 Å². The first-order valence-electron chi connectivity index (χ1n) is 3.91. The van der Waals surface area contributed by atoms with Crippen LogP contribution in [0.4, 0.5) is 0 Å². The Morgan fingerprint density at radius 3 is 2.50 bits per heavy atom. The second-order valence-corrected chi connectivity index (χ2v) is 5.18. The van der Waals surface area contributed by atoms with Crippen LogP contribution in [0.2, 0.25) is 0 Å². The van der Waals surface area contributed by atoms with E-state index in [1.54, 1.807) is 0 Å². The van der Waals surface area contributed by atoms with Crippen molar-refractivity contribution in [1.29, 1.82) is 0 Å². The van der Waals surface area contributed by atoms with Gasteiger partial charge in [0, 0.05) is 7.11 Å². The lowest BCUT2D eigenvalue weighted by Crippen LogP contribution is -2.24. The Morgan fingerprint density at radius 2 is 2.08 bits per heavy atom. The van der Waals surface area contributed by atoms with Gasteiger partial charge in [0.05, 0.1) is 18.1 Å². The quantitative estimate of drug-likeness (QED) is 0.628. The van der Waals surface area contributed by atoms with E-state index in [1.807, 2.05) is 6.92 Å². The molecule has 1 atom stereocenters. The van der Waals surface area contributed by atoms with Crippen molar-refractivity contribution in [2.75, 3.05) is 31.8 Å². The lowest BCUT2D eigenvalue weighted by molar-refractivity contribution is 0.217. The zero-order valence-corrected chi connectivity index (χ0v) is 8.43. The van der Waals surface area contributed by atoms with Crippen molar-refractivity contribution in [3.05, 3.63) is 0 Å². The third kappa shape index (κ3) is 5.51. The van der Waals surface area contributed by atoms with Crippen molar-refractivity contribution in [3.8, 4) is 0 Å². The fourth-order valence-corrected chi connectivity index (χ4v) is 2.39. The summed E-state index contributed by atoms with van der Waals surface area (Å²) in [5.74, 6) is 0.285. The highest BCUT2D eigenvalue weighted by atomic mass is 32.2. The summed E-state index contributed by atoms with van der Waals surface area (Å²) < 4.78 is 27.1. The van der Waals surface area contributed by atoms with Gasteiger partial charge in [0.15, 0.2) is 9.84 Å². The molecule has 74 valence electrons. The number of ether oxygens (including phenoxy) is 1. The minimum Gasteiger partial charge on any atom is -0.384 e. The second kappa shape index (κ2) is 5.50. The first kappa shape index (κ1) is 11.9. The number of nitrogens with two attached hydrogens (primary N) is 1. The maximum Gasteiger partial charge on any atom is 0.152 e. The number of rotatable bonds is 6. The minimum absolute atomic E-state index is 0.0341. The molecule has 0 fully saturated rings. The summed E-state index contributed by atoms with van der Waals surface area (Å²) >= 11 is 0. The molecule has 0 heterocycles. The molecule has 0 aliphatic carbocycles. The minimum atomic E-state index is -2.96. The van der Waals surface area contributed by atoms with Gasteiger partial charge in [-0.1, -0.05) is 6.92 Å². The van der Waals surface area contributed by atoms with Crippen molar-refractivity contribution < 1.29 is 13.2 Å². The van der Waals surface area contributed by atoms with Crippen molar-refractivity contribution in [2.45, 2.75) is 6.92 Å². The van der Waals surface area contributed by atoms with Crippen LogP contribution in [-0.4, -0.2) is 40.2 Å². The molecule has 4 nitrogen and oxygen atoms in total. The molecule has 0 aliphatic rings. The summed E-state index contributed by atoms with van der Waals surface area (Å²) in [4.78, 5) is 0. The summed E-state index contributed by atoms with van der Waals surface area (Å²) in [5, 5.41) is 0. The third-order valence-corrected chi connectivity index (χ3v) is 3.40. The summed E-state index contributed by atoms with van der Waals surface area (Å²) in [5.41, 5.74) is 5.31. The summed E-state index contributed by atoms with van der Waals surface area (Å²) in [6.45, 7) is 2.50. The predicted molar refractivity (Wildman–Crippen MR) is 48.7 cm³/mol. The van der Waals surface area contributed by atoms with Crippen LogP contribution in [0.15, 0.2) is 0 Å². The second-order valence-electron chi connectivity index (χ2n) is 2.95. The summed E-state index contributed by atoms with van der Waals surface area (Å²) in [6, 6.07) is 0. The average Bonchev–Trinajstić information content (AvgIpc) is 2.00. The summed E-state index contributed by atoms with van der Waals surface area (Å²) in [6.07, 6.45) is 0. The van der Waals surface area contributed by atoms with Crippen LogP contribution in [0.5, 0.6) is 0 Å². The van der Waals surface area contributed by atoms with Crippen LogP contribution in [0, 0.1) is 5.92 Å². The van der Waals surface area contributed by atoms with Gasteiger partial charge in [0.2, 0.25) is 0 Å². The molecular formula is C7H17NO3S. The van der Waals surface area contributed by atoms with E-state index in [1.165, 1.54) is 7.11 Å². The van der Waals surface area contributed by atoms with Gasteiger partial charge in [-0.05, 0) is 12.5 Å². The van der Waals surface area contributed by atoms with Gasteiger partial charge < -0.3 is 10.5 Å². The smallest absolute Gasteiger partial charge is 0.152 e. The Hall–Kier alpha value is -0.130. The number of hydrogen-bond donors (Lipinski definition) is 1. The maximum atomic E-state index is 11.2. The van der Waals surface area contributed by atoms with Gasteiger partial charge in [0.1, 0.15) is 0 Å². The SMILES string of the molecule is COCCS(=O)(=O)CC(C)CN. The Kier molecular flexibility index (Phi) is 5.44. The molecule has 0 amide bonds. The van der Waals surface area contributed by atoms with E-state index in [0.717, 1.165) is 0 Å². The Balaban J connectivity index is 3.88. The van der Waals surface area contributed by atoms with E-state index in [0.29, 0.717) is 6.54 Å². The molecule has 0 aromatic heterocycles. The van der Waals surface area contributed by atoms with E-state index >= 15 is 0 Å². The Morgan fingerprint density at radius 1 is 1.50 bits per heavy atom. The van der Waals surface area contributed by atoms with Crippen LogP contribution in [0.1, 0.15) is 6.92 Å². The monoisotopic (exact) mass is 195 g/mol. The molecule has 0 radical (unpaired) electrons. The molecule has 0 aromatic carbocycles. The van der Waals surface area contributed by atoms with Gasteiger partial charge in [-0.15, -0.1) is 0 Å². The van der Waals surface area contributed by atoms with Crippen LogP contribution < -0.4 is 5.73 Å². The fourth-order valence-electron chi connectivity index (χ4n) is 0.795. The molecule has 2 N–H and O–H groups in total. The van der Waals surface area contributed by atoms with Crippen molar-refractivity contribution in [1.82, 2.24) is 0 Å². The molecular weight excluding hydrogens is 178 g/mol. The lowest BCUT2D eigenvalue weighted by Gasteiger charge is -2.08. The molecule has 0 rings (SSSR count). The highest BCUT2D eigenvalue weighted by molar-refractivity contribution is 7.91. The first-order chi connectivity index (χ1) is 5.52. The molecule has 0 saturated carbocycles. The number of sulfone groups is 1. The standard InChI is InChI=1S/C7H17NO3S/c1-7(5-8)6-12(9,10)4-3-11-2/h7H,3-6,8H2,1-2H3. The van der Waals surface area contributed by atoms with E-state index in [-0.39, 0.29) is 24.0 Å².